The lowest BCUT2D eigenvalue weighted by atomic mass is 9.93. The first-order chi connectivity index (χ1) is 11.5. The fraction of sp³-hybridized carbons (Fsp3) is 0.579. The molecule has 1 aromatic rings. The number of carboxylic acids is 1. The third kappa shape index (κ3) is 6.22. The van der Waals surface area contributed by atoms with E-state index in [1.54, 1.807) is 0 Å². The predicted octanol–water partition coefficient (Wildman–Crippen LogP) is 3.26. The number of carboxylic acid groups (broad SMARTS) is 1. The van der Waals surface area contributed by atoms with Gasteiger partial charge in [0, 0.05) is 25.9 Å². The van der Waals surface area contributed by atoms with Gasteiger partial charge in [0.05, 0.1) is 6.61 Å². The molecule has 0 aliphatic carbocycles. The number of piperidine rings is 1. The van der Waals surface area contributed by atoms with Crippen LogP contribution in [-0.4, -0.2) is 41.6 Å². The van der Waals surface area contributed by atoms with Gasteiger partial charge in [0.1, 0.15) is 5.75 Å². The van der Waals surface area contributed by atoms with Crippen molar-refractivity contribution in [1.82, 2.24) is 4.90 Å². The lowest BCUT2D eigenvalue weighted by Gasteiger charge is -2.32. The van der Waals surface area contributed by atoms with Gasteiger partial charge in [-0.05, 0) is 56.2 Å². The molecule has 1 N–H and O–H groups in total. The maximum atomic E-state index is 12.3. The van der Waals surface area contributed by atoms with Gasteiger partial charge in [-0.15, -0.1) is 0 Å². The normalized spacial score (nSPS) is 17.5. The van der Waals surface area contributed by atoms with Crippen LogP contribution in [0.3, 0.4) is 0 Å². The third-order valence-corrected chi connectivity index (χ3v) is 4.43. The van der Waals surface area contributed by atoms with Crippen molar-refractivity contribution >= 4 is 11.9 Å². The van der Waals surface area contributed by atoms with Crippen LogP contribution < -0.4 is 4.74 Å². The Balaban J connectivity index is 1.67. The van der Waals surface area contributed by atoms with Crippen molar-refractivity contribution in [2.24, 2.45) is 5.92 Å². The van der Waals surface area contributed by atoms with Crippen LogP contribution in [0.15, 0.2) is 24.3 Å². The smallest absolute Gasteiger partial charge is 0.303 e. The fourth-order valence-corrected chi connectivity index (χ4v) is 3.13. The molecular weight excluding hydrogens is 306 g/mol. The highest BCUT2D eigenvalue weighted by molar-refractivity contribution is 5.76. The first-order valence-corrected chi connectivity index (χ1v) is 8.73. The zero-order valence-electron chi connectivity index (χ0n) is 14.4. The van der Waals surface area contributed by atoms with Crippen molar-refractivity contribution in [2.45, 2.75) is 45.4 Å². The summed E-state index contributed by atoms with van der Waals surface area (Å²) in [5.74, 6) is 0.561. The van der Waals surface area contributed by atoms with Crippen LogP contribution in [0.5, 0.6) is 5.75 Å². The van der Waals surface area contributed by atoms with Crippen LogP contribution in [0.2, 0.25) is 0 Å². The average molecular weight is 333 g/mol. The second-order valence-electron chi connectivity index (χ2n) is 6.55. The number of carbonyl (C=O) groups is 2. The van der Waals surface area contributed by atoms with E-state index in [4.69, 9.17) is 9.84 Å². The van der Waals surface area contributed by atoms with Crippen molar-refractivity contribution in [3.05, 3.63) is 29.8 Å². The number of likely N-dealkylation sites (tertiary alicyclic amines) is 1. The summed E-state index contributed by atoms with van der Waals surface area (Å²) in [6, 6.07) is 7.89. The number of aryl methyl sites for hydroxylation is 1. The highest BCUT2D eigenvalue weighted by Gasteiger charge is 2.23. The molecule has 0 radical (unpaired) electrons. The molecule has 132 valence electrons. The van der Waals surface area contributed by atoms with Gasteiger partial charge in [0.15, 0.2) is 0 Å². The van der Waals surface area contributed by atoms with E-state index in [1.165, 1.54) is 0 Å². The molecule has 1 atom stereocenters. The van der Waals surface area contributed by atoms with Gasteiger partial charge in [-0.3, -0.25) is 9.59 Å². The van der Waals surface area contributed by atoms with Gasteiger partial charge in [0.25, 0.3) is 0 Å². The molecule has 0 saturated carbocycles. The molecule has 1 amide bonds. The Morgan fingerprint density at radius 2 is 2.17 bits per heavy atom. The van der Waals surface area contributed by atoms with Crippen molar-refractivity contribution < 1.29 is 19.4 Å². The lowest BCUT2D eigenvalue weighted by Crippen LogP contribution is -2.40. The molecule has 1 saturated heterocycles. The van der Waals surface area contributed by atoms with Crippen molar-refractivity contribution in [1.29, 1.82) is 0 Å². The summed E-state index contributed by atoms with van der Waals surface area (Å²) in [7, 11) is 0. The first kappa shape index (κ1) is 18.3. The minimum absolute atomic E-state index is 0.155. The molecule has 1 aliphatic heterocycles. The minimum Gasteiger partial charge on any atom is -0.494 e. The van der Waals surface area contributed by atoms with E-state index in [9.17, 15) is 9.59 Å². The van der Waals surface area contributed by atoms with E-state index >= 15 is 0 Å². The van der Waals surface area contributed by atoms with E-state index in [2.05, 4.69) is 0 Å². The van der Waals surface area contributed by atoms with E-state index < -0.39 is 5.97 Å². The number of aliphatic carboxylic acids is 1. The highest BCUT2D eigenvalue weighted by atomic mass is 16.5. The zero-order valence-corrected chi connectivity index (χ0v) is 14.4. The van der Waals surface area contributed by atoms with Crippen LogP contribution in [0, 0.1) is 12.8 Å². The van der Waals surface area contributed by atoms with Crippen molar-refractivity contribution in [3.63, 3.8) is 0 Å². The van der Waals surface area contributed by atoms with E-state index in [0.29, 0.717) is 38.3 Å². The summed E-state index contributed by atoms with van der Waals surface area (Å²) in [5, 5.41) is 8.78. The van der Waals surface area contributed by atoms with E-state index in [0.717, 1.165) is 30.7 Å². The van der Waals surface area contributed by atoms with Gasteiger partial charge >= 0.3 is 5.97 Å². The van der Waals surface area contributed by atoms with Crippen LogP contribution in [0.1, 0.15) is 44.1 Å². The summed E-state index contributed by atoms with van der Waals surface area (Å²) in [6.45, 7) is 4.05. The predicted molar refractivity (Wildman–Crippen MR) is 92.1 cm³/mol. The summed E-state index contributed by atoms with van der Waals surface area (Å²) in [4.78, 5) is 24.9. The van der Waals surface area contributed by atoms with Gasteiger partial charge in [-0.2, -0.15) is 0 Å². The van der Waals surface area contributed by atoms with Gasteiger partial charge in [-0.1, -0.05) is 12.1 Å². The molecule has 1 aromatic carbocycles. The molecule has 5 nitrogen and oxygen atoms in total. The molecule has 0 bridgehead atoms. The van der Waals surface area contributed by atoms with Crippen LogP contribution in [0.25, 0.3) is 0 Å². The largest absolute Gasteiger partial charge is 0.494 e. The number of carbonyl (C=O) groups excluding carboxylic acids is 1. The SMILES string of the molecule is Cc1cccc(OCCCC(=O)N2CCCC(CCC(=O)O)C2)c1. The summed E-state index contributed by atoms with van der Waals surface area (Å²) in [6.07, 6.45) is 4.02. The lowest BCUT2D eigenvalue weighted by molar-refractivity contribution is -0.137. The molecular formula is C19H27NO4. The van der Waals surface area contributed by atoms with E-state index in [1.807, 2.05) is 36.1 Å². The van der Waals surface area contributed by atoms with Crippen LogP contribution in [-0.2, 0) is 9.59 Å². The second-order valence-corrected chi connectivity index (χ2v) is 6.55. The quantitative estimate of drug-likeness (QED) is 0.742. The molecule has 1 unspecified atom stereocenters. The third-order valence-electron chi connectivity index (χ3n) is 4.43. The van der Waals surface area contributed by atoms with Gasteiger partial charge < -0.3 is 14.7 Å². The summed E-state index contributed by atoms with van der Waals surface area (Å²) in [5.41, 5.74) is 1.16. The molecule has 0 aromatic heterocycles. The number of ether oxygens (including phenoxy) is 1. The highest BCUT2D eigenvalue weighted by Crippen LogP contribution is 2.22. The monoisotopic (exact) mass is 333 g/mol. The maximum Gasteiger partial charge on any atom is 0.303 e. The average Bonchev–Trinajstić information content (AvgIpc) is 2.57. The number of nitrogens with zero attached hydrogens (tertiary/aromatic N) is 1. The number of benzene rings is 1. The summed E-state index contributed by atoms with van der Waals surface area (Å²) < 4.78 is 5.67. The number of hydrogen-bond acceptors (Lipinski definition) is 3. The number of rotatable bonds is 8. The Morgan fingerprint density at radius 3 is 2.92 bits per heavy atom. The Labute approximate surface area is 143 Å². The van der Waals surface area contributed by atoms with Gasteiger partial charge in [0.2, 0.25) is 5.91 Å². The summed E-state index contributed by atoms with van der Waals surface area (Å²) >= 11 is 0. The van der Waals surface area contributed by atoms with Crippen molar-refractivity contribution in [3.8, 4) is 5.75 Å². The first-order valence-electron chi connectivity index (χ1n) is 8.73. The van der Waals surface area contributed by atoms with E-state index in [-0.39, 0.29) is 12.3 Å². The Morgan fingerprint density at radius 1 is 1.33 bits per heavy atom. The van der Waals surface area contributed by atoms with Crippen molar-refractivity contribution in [2.75, 3.05) is 19.7 Å². The zero-order chi connectivity index (χ0) is 17.4. The Kier molecular flexibility index (Phi) is 7.09. The molecule has 5 heteroatoms. The molecule has 0 spiro atoms. The Hall–Kier alpha value is -2.04. The number of hydrogen-bond donors (Lipinski definition) is 1. The maximum absolute atomic E-state index is 12.3. The fourth-order valence-electron chi connectivity index (χ4n) is 3.13. The van der Waals surface area contributed by atoms with Crippen LogP contribution in [0.4, 0.5) is 0 Å². The topological polar surface area (TPSA) is 66.8 Å². The minimum atomic E-state index is -0.758. The molecule has 1 aliphatic rings. The standard InChI is InChI=1S/C19H27NO4/c1-15-5-2-7-17(13-15)24-12-4-8-18(21)20-11-3-6-16(14-20)9-10-19(22)23/h2,5,7,13,16H,3-4,6,8-12,14H2,1H3,(H,22,23). The van der Waals surface area contributed by atoms with Crippen LogP contribution >= 0.6 is 0 Å². The second kappa shape index (κ2) is 9.30. The molecule has 1 heterocycles. The Bertz CT molecular complexity index is 558. The molecule has 1 fully saturated rings. The molecule has 24 heavy (non-hydrogen) atoms. The van der Waals surface area contributed by atoms with Gasteiger partial charge in [-0.25, -0.2) is 0 Å². The molecule has 2 rings (SSSR count). The number of amides is 1.